The third-order valence-electron chi connectivity index (χ3n) is 3.00. The molecule has 0 saturated carbocycles. The minimum absolute atomic E-state index is 0.225. The molecular weight excluding hydrogens is 223 g/mol. The van der Waals surface area contributed by atoms with Crippen LogP contribution in [0.1, 0.15) is 10.4 Å². The molecule has 1 aliphatic heterocycles. The Morgan fingerprint density at radius 1 is 1.29 bits per heavy atom. The molecule has 2 rings (SSSR count). The molecule has 1 aromatic carbocycles. The maximum Gasteiger partial charge on any atom is 0.260 e. The molecule has 5 heteroatoms. The number of aromatic hydroxyl groups is 1. The van der Waals surface area contributed by atoms with E-state index in [1.54, 1.807) is 4.90 Å². The first-order chi connectivity index (χ1) is 8.09. The van der Waals surface area contributed by atoms with Crippen LogP contribution in [0.15, 0.2) is 18.2 Å². The highest BCUT2D eigenvalue weighted by Gasteiger charge is 2.24. The summed E-state index contributed by atoms with van der Waals surface area (Å²) >= 11 is 0. The molecule has 0 spiro atoms. The quantitative estimate of drug-likeness (QED) is 0.791. The second kappa shape index (κ2) is 4.71. The number of phenolic OH excluding ortho intramolecular Hbond substituents is 1. The molecule has 0 radical (unpaired) electrons. The molecule has 1 aliphatic rings. The monoisotopic (exact) mass is 238 g/mol. The van der Waals surface area contributed by atoms with Gasteiger partial charge in [-0.3, -0.25) is 4.79 Å². The van der Waals surface area contributed by atoms with Crippen molar-refractivity contribution >= 4 is 5.91 Å². The number of nitrogens with zero attached hydrogens (tertiary/aromatic N) is 2. The normalized spacial score (nSPS) is 17.2. The van der Waals surface area contributed by atoms with Crippen molar-refractivity contribution in [1.82, 2.24) is 9.80 Å². The number of benzene rings is 1. The van der Waals surface area contributed by atoms with Gasteiger partial charge in [-0.25, -0.2) is 4.39 Å². The van der Waals surface area contributed by atoms with Gasteiger partial charge >= 0.3 is 0 Å². The van der Waals surface area contributed by atoms with Crippen molar-refractivity contribution in [3.8, 4) is 5.75 Å². The summed E-state index contributed by atoms with van der Waals surface area (Å²) < 4.78 is 13.5. The predicted octanol–water partition coefficient (Wildman–Crippen LogP) is 0.919. The SMILES string of the molecule is CN1CCN(C(=O)c2c(O)cccc2F)CC1. The Balaban J connectivity index is 2.20. The van der Waals surface area contributed by atoms with Crippen LogP contribution in [0.4, 0.5) is 4.39 Å². The zero-order valence-electron chi connectivity index (χ0n) is 9.69. The van der Waals surface area contributed by atoms with Crippen molar-refractivity contribution in [2.75, 3.05) is 33.2 Å². The minimum atomic E-state index is -0.672. The van der Waals surface area contributed by atoms with E-state index in [2.05, 4.69) is 4.90 Å². The average Bonchev–Trinajstić information content (AvgIpc) is 2.29. The summed E-state index contributed by atoms with van der Waals surface area (Å²) in [6, 6.07) is 3.89. The summed E-state index contributed by atoms with van der Waals surface area (Å²) in [6.45, 7) is 2.65. The maximum absolute atomic E-state index is 13.5. The van der Waals surface area contributed by atoms with E-state index < -0.39 is 11.7 Å². The largest absolute Gasteiger partial charge is 0.507 e. The van der Waals surface area contributed by atoms with Crippen LogP contribution in [0.25, 0.3) is 0 Å². The van der Waals surface area contributed by atoms with Crippen LogP contribution >= 0.6 is 0 Å². The fourth-order valence-electron chi connectivity index (χ4n) is 1.89. The van der Waals surface area contributed by atoms with Gasteiger partial charge in [0.2, 0.25) is 0 Å². The van der Waals surface area contributed by atoms with Gasteiger partial charge in [0.25, 0.3) is 5.91 Å². The number of hydrogen-bond acceptors (Lipinski definition) is 3. The van der Waals surface area contributed by atoms with Crippen LogP contribution < -0.4 is 0 Å². The Kier molecular flexibility index (Phi) is 3.28. The zero-order valence-corrected chi connectivity index (χ0v) is 9.69. The molecular formula is C12H15FN2O2. The highest BCUT2D eigenvalue weighted by molar-refractivity contribution is 5.97. The van der Waals surface area contributed by atoms with Crippen molar-refractivity contribution in [3.05, 3.63) is 29.6 Å². The Bertz CT molecular complexity index is 408. The van der Waals surface area contributed by atoms with E-state index in [1.807, 2.05) is 7.05 Å². The fraction of sp³-hybridized carbons (Fsp3) is 0.417. The van der Waals surface area contributed by atoms with E-state index >= 15 is 0 Å². The summed E-state index contributed by atoms with van der Waals surface area (Å²) in [7, 11) is 1.97. The third-order valence-corrected chi connectivity index (χ3v) is 3.00. The summed E-state index contributed by atoms with van der Waals surface area (Å²) in [5.74, 6) is -1.41. The smallest absolute Gasteiger partial charge is 0.260 e. The lowest BCUT2D eigenvalue weighted by Gasteiger charge is -2.32. The molecule has 1 aromatic rings. The lowest BCUT2D eigenvalue weighted by atomic mass is 10.1. The number of amides is 1. The average molecular weight is 238 g/mol. The van der Waals surface area contributed by atoms with Gasteiger partial charge in [-0.05, 0) is 19.2 Å². The number of likely N-dealkylation sites (N-methyl/N-ethyl adjacent to an activating group) is 1. The molecule has 0 unspecified atom stereocenters. The van der Waals surface area contributed by atoms with Gasteiger partial charge in [0.05, 0.1) is 0 Å². The summed E-state index contributed by atoms with van der Waals surface area (Å²) in [4.78, 5) is 15.7. The van der Waals surface area contributed by atoms with Crippen molar-refractivity contribution in [1.29, 1.82) is 0 Å². The standard InChI is InChI=1S/C12H15FN2O2/c1-14-5-7-15(8-6-14)12(17)11-9(13)3-2-4-10(11)16/h2-4,16H,5-8H2,1H3. The lowest BCUT2D eigenvalue weighted by molar-refractivity contribution is 0.0656. The number of phenols is 1. The number of carbonyl (C=O) groups is 1. The van der Waals surface area contributed by atoms with E-state index in [0.29, 0.717) is 13.1 Å². The van der Waals surface area contributed by atoms with E-state index in [9.17, 15) is 14.3 Å². The van der Waals surface area contributed by atoms with Crippen molar-refractivity contribution in [2.24, 2.45) is 0 Å². The van der Waals surface area contributed by atoms with Crippen LogP contribution in [0.2, 0.25) is 0 Å². The fourth-order valence-corrected chi connectivity index (χ4v) is 1.89. The topological polar surface area (TPSA) is 43.8 Å². The molecule has 1 amide bonds. The molecule has 0 aromatic heterocycles. The van der Waals surface area contributed by atoms with Crippen LogP contribution in [0, 0.1) is 5.82 Å². The number of halogens is 1. The molecule has 1 N–H and O–H groups in total. The Morgan fingerprint density at radius 3 is 2.53 bits per heavy atom. The maximum atomic E-state index is 13.5. The van der Waals surface area contributed by atoms with Crippen LogP contribution in [0.3, 0.4) is 0 Å². The first kappa shape index (κ1) is 11.9. The number of piperazine rings is 1. The molecule has 0 atom stereocenters. The number of hydrogen-bond donors (Lipinski definition) is 1. The van der Waals surface area contributed by atoms with Gasteiger partial charge in [0.15, 0.2) is 0 Å². The number of carbonyl (C=O) groups excluding carboxylic acids is 1. The van der Waals surface area contributed by atoms with Crippen molar-refractivity contribution in [2.45, 2.75) is 0 Å². The van der Waals surface area contributed by atoms with Crippen molar-refractivity contribution in [3.63, 3.8) is 0 Å². The molecule has 1 saturated heterocycles. The second-order valence-electron chi connectivity index (χ2n) is 4.23. The first-order valence-corrected chi connectivity index (χ1v) is 5.55. The van der Waals surface area contributed by atoms with Gasteiger partial charge in [-0.2, -0.15) is 0 Å². The molecule has 92 valence electrons. The van der Waals surface area contributed by atoms with Crippen LogP contribution in [0.5, 0.6) is 5.75 Å². The highest BCUT2D eigenvalue weighted by atomic mass is 19.1. The zero-order chi connectivity index (χ0) is 12.4. The summed E-state index contributed by atoms with van der Waals surface area (Å²) in [5.41, 5.74) is -0.225. The van der Waals surface area contributed by atoms with Gasteiger partial charge in [-0.15, -0.1) is 0 Å². The Hall–Kier alpha value is -1.62. The molecule has 1 fully saturated rings. The van der Waals surface area contributed by atoms with Gasteiger partial charge in [0.1, 0.15) is 17.1 Å². The Labute approximate surface area is 99.3 Å². The predicted molar refractivity (Wildman–Crippen MR) is 61.5 cm³/mol. The molecule has 4 nitrogen and oxygen atoms in total. The van der Waals surface area contributed by atoms with Crippen molar-refractivity contribution < 1.29 is 14.3 Å². The lowest BCUT2D eigenvalue weighted by Crippen LogP contribution is -2.47. The summed E-state index contributed by atoms with van der Waals surface area (Å²) in [5, 5.41) is 9.55. The summed E-state index contributed by atoms with van der Waals surface area (Å²) in [6.07, 6.45) is 0. The van der Waals surface area contributed by atoms with Gasteiger partial charge < -0.3 is 14.9 Å². The van der Waals surface area contributed by atoms with E-state index in [1.165, 1.54) is 18.2 Å². The van der Waals surface area contributed by atoms with E-state index in [4.69, 9.17) is 0 Å². The third kappa shape index (κ3) is 2.39. The van der Waals surface area contributed by atoms with Gasteiger partial charge in [-0.1, -0.05) is 6.07 Å². The second-order valence-corrected chi connectivity index (χ2v) is 4.23. The molecule has 1 heterocycles. The van der Waals surface area contributed by atoms with Crippen LogP contribution in [-0.4, -0.2) is 54.0 Å². The van der Waals surface area contributed by atoms with E-state index in [-0.39, 0.29) is 11.3 Å². The molecule has 17 heavy (non-hydrogen) atoms. The first-order valence-electron chi connectivity index (χ1n) is 5.55. The van der Waals surface area contributed by atoms with Gasteiger partial charge in [0, 0.05) is 26.2 Å². The van der Waals surface area contributed by atoms with Crippen LogP contribution in [-0.2, 0) is 0 Å². The molecule has 0 aliphatic carbocycles. The Morgan fingerprint density at radius 2 is 1.94 bits per heavy atom. The highest BCUT2D eigenvalue weighted by Crippen LogP contribution is 2.22. The molecule has 0 bridgehead atoms. The van der Waals surface area contributed by atoms with E-state index in [0.717, 1.165) is 13.1 Å². The number of rotatable bonds is 1. The minimum Gasteiger partial charge on any atom is -0.507 e.